The molecule has 2 aliphatic heterocycles. The molecule has 0 aliphatic carbocycles. The van der Waals surface area contributed by atoms with Crippen molar-refractivity contribution in [3.8, 4) is 0 Å². The Morgan fingerprint density at radius 1 is 1.45 bits per heavy atom. The molecule has 160 valence electrons. The van der Waals surface area contributed by atoms with Crippen molar-refractivity contribution in [2.24, 2.45) is 5.92 Å². The summed E-state index contributed by atoms with van der Waals surface area (Å²) in [4.78, 5) is 25.2. The molecular formula is C18H23F3N4O3S. The topological polar surface area (TPSA) is 87.5 Å². The Labute approximate surface area is 170 Å². The highest BCUT2D eigenvalue weighted by Gasteiger charge is 2.44. The molecule has 0 saturated carbocycles. The Morgan fingerprint density at radius 3 is 2.72 bits per heavy atom. The predicted molar refractivity (Wildman–Crippen MR) is 101 cm³/mol. The third-order valence-electron chi connectivity index (χ3n) is 5.48. The number of aliphatic carboxylic acids is 1. The molecule has 1 aromatic heterocycles. The Balaban J connectivity index is 1.69. The average molecular weight is 432 g/mol. The first-order valence-electron chi connectivity index (χ1n) is 9.34. The highest BCUT2D eigenvalue weighted by Crippen LogP contribution is 2.44. The number of halogens is 3. The van der Waals surface area contributed by atoms with E-state index in [1.165, 1.54) is 18.7 Å². The maximum Gasteiger partial charge on any atom is 0.435 e. The Morgan fingerprint density at radius 2 is 2.17 bits per heavy atom. The summed E-state index contributed by atoms with van der Waals surface area (Å²) in [5.41, 5.74) is -0.595. The lowest BCUT2D eigenvalue weighted by Gasteiger charge is -2.43. The number of nitrogens with one attached hydrogen (secondary N) is 1. The third-order valence-corrected chi connectivity index (χ3v) is 6.98. The number of likely N-dealkylation sites (tertiary alicyclic amines) is 1. The van der Waals surface area contributed by atoms with Crippen LogP contribution in [0.3, 0.4) is 0 Å². The van der Waals surface area contributed by atoms with Crippen molar-refractivity contribution in [1.29, 1.82) is 0 Å². The van der Waals surface area contributed by atoms with E-state index in [0.717, 1.165) is 23.6 Å². The van der Waals surface area contributed by atoms with Crippen molar-refractivity contribution < 1.29 is 27.9 Å². The number of hydrogen-bond acceptors (Lipinski definition) is 5. The Hall–Kier alpha value is -2.17. The molecule has 29 heavy (non-hydrogen) atoms. The fourth-order valence-corrected chi connectivity index (χ4v) is 5.04. The van der Waals surface area contributed by atoms with E-state index in [2.05, 4.69) is 10.4 Å². The fourth-order valence-electron chi connectivity index (χ4n) is 3.83. The summed E-state index contributed by atoms with van der Waals surface area (Å²) in [7, 11) is 0. The minimum atomic E-state index is -4.55. The van der Waals surface area contributed by atoms with Gasteiger partial charge in [-0.05, 0) is 32.3 Å². The van der Waals surface area contributed by atoms with Crippen LogP contribution in [0, 0.1) is 12.8 Å². The largest absolute Gasteiger partial charge is 0.477 e. The first-order chi connectivity index (χ1) is 13.6. The van der Waals surface area contributed by atoms with Crippen molar-refractivity contribution in [2.45, 2.75) is 50.7 Å². The molecule has 3 rings (SSSR count). The third kappa shape index (κ3) is 4.39. The number of thioether (sulfide) groups is 1. The number of hydrogen-bond donors (Lipinski definition) is 2. The van der Waals surface area contributed by atoms with Gasteiger partial charge in [0.15, 0.2) is 5.69 Å². The molecule has 2 atom stereocenters. The number of aromatic nitrogens is 2. The van der Waals surface area contributed by atoms with Gasteiger partial charge in [-0.2, -0.15) is 18.3 Å². The van der Waals surface area contributed by atoms with E-state index < -0.39 is 22.7 Å². The zero-order chi connectivity index (χ0) is 21.4. The number of rotatable bonds is 5. The highest BCUT2D eigenvalue weighted by molar-refractivity contribution is 8.03. The summed E-state index contributed by atoms with van der Waals surface area (Å²) in [5, 5.41) is 17.5. The number of aryl methyl sites for hydroxylation is 1. The summed E-state index contributed by atoms with van der Waals surface area (Å²) < 4.78 is 39.6. The fraction of sp³-hybridized carbons (Fsp3) is 0.611. The summed E-state index contributed by atoms with van der Waals surface area (Å²) in [5.74, 6) is -1.30. The van der Waals surface area contributed by atoms with E-state index >= 15 is 0 Å². The molecule has 1 aromatic rings. The van der Waals surface area contributed by atoms with Gasteiger partial charge in [-0.3, -0.25) is 9.48 Å². The monoisotopic (exact) mass is 432 g/mol. The normalized spacial score (nSPS) is 24.9. The molecule has 11 heteroatoms. The maximum absolute atomic E-state index is 12.8. The van der Waals surface area contributed by atoms with Crippen LogP contribution < -0.4 is 5.32 Å². The zero-order valence-corrected chi connectivity index (χ0v) is 16.9. The molecule has 1 saturated heterocycles. The van der Waals surface area contributed by atoms with Crippen LogP contribution in [0.1, 0.15) is 37.6 Å². The van der Waals surface area contributed by atoms with Gasteiger partial charge in [0.2, 0.25) is 5.91 Å². The van der Waals surface area contributed by atoms with Gasteiger partial charge in [0, 0.05) is 30.1 Å². The van der Waals surface area contributed by atoms with Crippen LogP contribution in [0.2, 0.25) is 0 Å². The maximum atomic E-state index is 12.8. The molecule has 2 unspecified atom stereocenters. The first kappa shape index (κ1) is 21.5. The summed E-state index contributed by atoms with van der Waals surface area (Å²) in [6.45, 7) is 4.13. The van der Waals surface area contributed by atoms with Crippen molar-refractivity contribution in [1.82, 2.24) is 20.0 Å². The average Bonchev–Trinajstić information content (AvgIpc) is 3.27. The van der Waals surface area contributed by atoms with Gasteiger partial charge in [-0.1, -0.05) is 6.92 Å². The van der Waals surface area contributed by atoms with E-state index in [9.17, 15) is 27.9 Å². The number of alkyl halides is 3. The molecule has 2 aliphatic rings. The molecule has 3 heterocycles. The summed E-state index contributed by atoms with van der Waals surface area (Å²) >= 11 is 1.42. The number of nitrogens with zero attached hydrogens (tertiary/aromatic N) is 3. The molecule has 0 aromatic carbocycles. The lowest BCUT2D eigenvalue weighted by atomic mass is 9.88. The van der Waals surface area contributed by atoms with E-state index in [0.29, 0.717) is 19.5 Å². The van der Waals surface area contributed by atoms with Crippen molar-refractivity contribution in [3.05, 3.63) is 28.6 Å². The van der Waals surface area contributed by atoms with Gasteiger partial charge in [-0.15, -0.1) is 11.8 Å². The van der Waals surface area contributed by atoms with Crippen LogP contribution in [0.25, 0.3) is 0 Å². The van der Waals surface area contributed by atoms with Gasteiger partial charge >= 0.3 is 12.1 Å². The number of carboxylic acids is 1. The lowest BCUT2D eigenvalue weighted by molar-refractivity contribution is -0.142. The van der Waals surface area contributed by atoms with Crippen LogP contribution in [0.4, 0.5) is 13.2 Å². The predicted octanol–water partition coefficient (Wildman–Crippen LogP) is 2.82. The number of carbonyl (C=O) groups is 2. The molecule has 1 amide bonds. The number of amides is 1. The summed E-state index contributed by atoms with van der Waals surface area (Å²) in [6, 6.07) is 0.927. The minimum Gasteiger partial charge on any atom is -0.477 e. The minimum absolute atomic E-state index is 0.0211. The SMILES string of the molecule is CCC1(C2CCCN(C(=O)Cn3nc(C(F)(F)F)cc3C)C2)NC(C(=O)O)=CS1. The molecule has 0 radical (unpaired) electrons. The molecule has 1 fully saturated rings. The zero-order valence-electron chi connectivity index (χ0n) is 16.1. The Kier molecular flexibility index (Phi) is 5.88. The number of piperidine rings is 1. The Bertz CT molecular complexity index is 839. The quantitative estimate of drug-likeness (QED) is 0.744. The molecular weight excluding hydrogens is 409 g/mol. The second-order valence-electron chi connectivity index (χ2n) is 7.33. The van der Waals surface area contributed by atoms with Gasteiger partial charge in [-0.25, -0.2) is 4.79 Å². The summed E-state index contributed by atoms with van der Waals surface area (Å²) in [6.07, 6.45) is -2.31. The van der Waals surface area contributed by atoms with Crippen LogP contribution in [0.15, 0.2) is 17.2 Å². The first-order valence-corrected chi connectivity index (χ1v) is 10.2. The van der Waals surface area contributed by atoms with Crippen LogP contribution in [0.5, 0.6) is 0 Å². The molecule has 0 spiro atoms. The van der Waals surface area contributed by atoms with Gasteiger partial charge in [0.05, 0.1) is 4.87 Å². The highest BCUT2D eigenvalue weighted by atomic mass is 32.2. The van der Waals surface area contributed by atoms with Crippen molar-refractivity contribution >= 4 is 23.6 Å². The second kappa shape index (κ2) is 7.92. The molecule has 7 nitrogen and oxygen atoms in total. The van der Waals surface area contributed by atoms with Crippen molar-refractivity contribution in [2.75, 3.05) is 13.1 Å². The van der Waals surface area contributed by atoms with Gasteiger partial charge < -0.3 is 15.3 Å². The van der Waals surface area contributed by atoms with Crippen molar-refractivity contribution in [3.63, 3.8) is 0 Å². The van der Waals surface area contributed by atoms with E-state index in [4.69, 9.17) is 0 Å². The van der Waals surface area contributed by atoms with E-state index in [-0.39, 0.29) is 29.8 Å². The second-order valence-corrected chi connectivity index (χ2v) is 8.53. The molecule has 2 N–H and O–H groups in total. The van der Waals surface area contributed by atoms with Crippen LogP contribution >= 0.6 is 11.8 Å². The van der Waals surface area contributed by atoms with Crippen LogP contribution in [-0.2, 0) is 22.3 Å². The number of carboxylic acid groups (broad SMARTS) is 1. The lowest BCUT2D eigenvalue weighted by Crippen LogP contribution is -2.53. The van der Waals surface area contributed by atoms with Crippen LogP contribution in [-0.4, -0.2) is 49.6 Å². The standard InChI is InChI=1S/C18H23F3N4O3S/c1-3-17(22-13(10-29-17)16(27)28)12-5-4-6-24(8-12)15(26)9-25-11(2)7-14(23-25)18(19,20)21/h7,10,12,22H,3-6,8-9H2,1-2H3,(H,27,28). The number of carbonyl (C=O) groups excluding carboxylic acids is 1. The van der Waals surface area contributed by atoms with Gasteiger partial charge in [0.25, 0.3) is 0 Å². The molecule has 0 bridgehead atoms. The van der Waals surface area contributed by atoms with Gasteiger partial charge in [0.1, 0.15) is 12.2 Å². The van der Waals surface area contributed by atoms with E-state index in [1.54, 1.807) is 10.3 Å². The van der Waals surface area contributed by atoms with E-state index in [1.807, 2.05) is 6.92 Å². The smallest absolute Gasteiger partial charge is 0.435 e.